The molecule has 0 aliphatic heterocycles. The van der Waals surface area contributed by atoms with Gasteiger partial charge in [0.15, 0.2) is 3.95 Å². The van der Waals surface area contributed by atoms with Gasteiger partial charge in [-0.15, -0.1) is 11.3 Å². The van der Waals surface area contributed by atoms with E-state index in [4.69, 9.17) is 12.2 Å². The van der Waals surface area contributed by atoms with E-state index in [0.717, 1.165) is 10.6 Å². The maximum atomic E-state index is 13.1. The molecule has 100 valence electrons. The fourth-order valence-electron chi connectivity index (χ4n) is 1.53. The second kappa shape index (κ2) is 5.94. The molecule has 2 rings (SSSR count). The first-order chi connectivity index (χ1) is 8.95. The number of carbonyl (C=O) groups excluding carboxylic acids is 1. The van der Waals surface area contributed by atoms with Gasteiger partial charge < -0.3 is 10.3 Å². The van der Waals surface area contributed by atoms with E-state index in [2.05, 4.69) is 26.2 Å². The Labute approximate surface area is 127 Å². The predicted molar refractivity (Wildman–Crippen MR) is 80.7 cm³/mol. The van der Waals surface area contributed by atoms with Crippen LogP contribution in [0, 0.1) is 16.7 Å². The smallest absolute Gasteiger partial charge is 0.229 e. The van der Waals surface area contributed by atoms with E-state index in [1.807, 2.05) is 6.92 Å². The van der Waals surface area contributed by atoms with Gasteiger partial charge in [0.05, 0.1) is 10.9 Å². The number of halogens is 2. The Bertz CT molecular complexity index is 681. The number of aromatic amines is 1. The highest BCUT2D eigenvalue weighted by Gasteiger charge is 2.09. The van der Waals surface area contributed by atoms with Crippen LogP contribution in [0.15, 0.2) is 22.7 Å². The molecular weight excluding hydrogens is 351 g/mol. The average Bonchev–Trinajstić information content (AvgIpc) is 2.62. The Hall–Kier alpha value is -1.05. The second-order valence-electron chi connectivity index (χ2n) is 3.92. The van der Waals surface area contributed by atoms with Gasteiger partial charge in [-0.3, -0.25) is 4.79 Å². The summed E-state index contributed by atoms with van der Waals surface area (Å²) in [5.74, 6) is -0.524. The van der Waals surface area contributed by atoms with Crippen LogP contribution < -0.4 is 5.32 Å². The molecule has 0 atom stereocenters. The van der Waals surface area contributed by atoms with Crippen molar-refractivity contribution in [3.05, 3.63) is 43.0 Å². The van der Waals surface area contributed by atoms with Crippen LogP contribution in [-0.2, 0) is 11.2 Å². The van der Waals surface area contributed by atoms with Gasteiger partial charge in [0.25, 0.3) is 0 Å². The van der Waals surface area contributed by atoms with E-state index in [9.17, 15) is 9.18 Å². The lowest BCUT2D eigenvalue weighted by molar-refractivity contribution is -0.115. The first-order valence-electron chi connectivity index (χ1n) is 5.39. The number of H-pyrrole nitrogens is 1. The molecule has 1 aromatic carbocycles. The number of amides is 1. The van der Waals surface area contributed by atoms with Crippen molar-refractivity contribution in [2.24, 2.45) is 0 Å². The van der Waals surface area contributed by atoms with Crippen molar-refractivity contribution in [3.8, 4) is 0 Å². The molecule has 0 aliphatic carbocycles. The number of nitrogens with one attached hydrogen (secondary N) is 2. The van der Waals surface area contributed by atoms with Crippen molar-refractivity contribution in [3.63, 3.8) is 0 Å². The van der Waals surface area contributed by atoms with Gasteiger partial charge in [0, 0.05) is 16.3 Å². The first-order valence-corrected chi connectivity index (χ1v) is 7.41. The zero-order chi connectivity index (χ0) is 14.0. The van der Waals surface area contributed by atoms with Crippen molar-refractivity contribution in [1.82, 2.24) is 4.98 Å². The largest absolute Gasteiger partial charge is 0.341 e. The van der Waals surface area contributed by atoms with E-state index < -0.39 is 0 Å². The van der Waals surface area contributed by atoms with E-state index in [0.29, 0.717) is 14.1 Å². The van der Waals surface area contributed by atoms with E-state index in [1.54, 1.807) is 0 Å². The minimum absolute atomic E-state index is 0.160. The highest BCUT2D eigenvalue weighted by atomic mass is 79.9. The summed E-state index contributed by atoms with van der Waals surface area (Å²) < 4.78 is 14.0. The predicted octanol–water partition coefficient (Wildman–Crippen LogP) is 4.20. The topological polar surface area (TPSA) is 44.9 Å². The van der Waals surface area contributed by atoms with Crippen molar-refractivity contribution in [2.75, 3.05) is 5.32 Å². The average molecular weight is 361 g/mol. The Morgan fingerprint density at radius 2 is 2.32 bits per heavy atom. The molecule has 3 nitrogen and oxygen atoms in total. The number of aryl methyl sites for hydroxylation is 1. The van der Waals surface area contributed by atoms with Gasteiger partial charge in [0.2, 0.25) is 5.91 Å². The Morgan fingerprint density at radius 1 is 1.58 bits per heavy atom. The summed E-state index contributed by atoms with van der Waals surface area (Å²) in [4.78, 5) is 15.8. The molecule has 0 unspecified atom stereocenters. The number of carbonyl (C=O) groups is 1. The molecule has 2 aromatic rings. The molecule has 0 bridgehead atoms. The number of rotatable bonds is 3. The molecule has 0 spiro atoms. The molecule has 0 saturated heterocycles. The van der Waals surface area contributed by atoms with Crippen LogP contribution in [0.1, 0.15) is 10.6 Å². The highest BCUT2D eigenvalue weighted by Crippen LogP contribution is 2.21. The van der Waals surface area contributed by atoms with Gasteiger partial charge in [-0.2, -0.15) is 0 Å². The summed E-state index contributed by atoms with van der Waals surface area (Å²) in [7, 11) is 0. The van der Waals surface area contributed by atoms with Gasteiger partial charge in [-0.05, 0) is 53.3 Å². The lowest BCUT2D eigenvalue weighted by Gasteiger charge is -2.05. The van der Waals surface area contributed by atoms with Crippen molar-refractivity contribution < 1.29 is 9.18 Å². The van der Waals surface area contributed by atoms with Crippen LogP contribution in [0.2, 0.25) is 0 Å². The molecule has 0 radical (unpaired) electrons. The molecule has 1 heterocycles. The molecule has 1 amide bonds. The second-order valence-corrected chi connectivity index (χ2v) is 6.54. The molecule has 7 heteroatoms. The number of benzene rings is 1. The van der Waals surface area contributed by atoms with Crippen LogP contribution in [0.25, 0.3) is 0 Å². The minimum Gasteiger partial charge on any atom is -0.341 e. The molecular formula is C12H10BrFN2OS2. The van der Waals surface area contributed by atoms with Crippen LogP contribution in [0.4, 0.5) is 10.1 Å². The third kappa shape index (κ3) is 3.71. The molecule has 1 aromatic heterocycles. The fraction of sp³-hybridized carbons (Fsp3) is 0.167. The van der Waals surface area contributed by atoms with E-state index in [1.165, 1.54) is 29.5 Å². The summed E-state index contributed by atoms with van der Waals surface area (Å²) in [5, 5.41) is 2.72. The number of hydrogen-bond acceptors (Lipinski definition) is 3. The maximum absolute atomic E-state index is 13.1. The quantitative estimate of drug-likeness (QED) is 0.805. The number of hydrogen-bond donors (Lipinski definition) is 2. The van der Waals surface area contributed by atoms with Gasteiger partial charge in [-0.1, -0.05) is 0 Å². The summed E-state index contributed by atoms with van der Waals surface area (Å²) in [6.45, 7) is 1.88. The SMILES string of the molecule is Cc1[nH]c(=S)sc1CC(=O)Nc1ccc(F)c(Br)c1. The third-order valence-corrected chi connectivity index (χ3v) is 4.39. The third-order valence-electron chi connectivity index (χ3n) is 2.45. The molecule has 0 aliphatic rings. The maximum Gasteiger partial charge on any atom is 0.229 e. The number of thiazole rings is 1. The fourth-order valence-corrected chi connectivity index (χ4v) is 3.20. The standard InChI is InChI=1S/C12H10BrFN2OS2/c1-6-10(19-12(18)15-6)5-11(17)16-7-2-3-9(14)8(13)4-7/h2-4H,5H2,1H3,(H,15,18)(H,16,17). The van der Waals surface area contributed by atoms with Crippen LogP contribution >= 0.6 is 39.5 Å². The van der Waals surface area contributed by atoms with Gasteiger partial charge in [0.1, 0.15) is 5.82 Å². The van der Waals surface area contributed by atoms with E-state index in [-0.39, 0.29) is 18.1 Å². The van der Waals surface area contributed by atoms with Crippen LogP contribution in [0.3, 0.4) is 0 Å². The first kappa shape index (κ1) is 14.4. The Morgan fingerprint density at radius 3 is 2.89 bits per heavy atom. The van der Waals surface area contributed by atoms with Gasteiger partial charge in [-0.25, -0.2) is 4.39 Å². The monoisotopic (exact) mass is 360 g/mol. The van der Waals surface area contributed by atoms with Crippen LogP contribution in [0.5, 0.6) is 0 Å². The summed E-state index contributed by atoms with van der Waals surface area (Å²) >= 11 is 9.48. The van der Waals surface area contributed by atoms with Crippen molar-refractivity contribution >= 4 is 51.1 Å². The normalized spacial score (nSPS) is 10.5. The zero-order valence-corrected chi connectivity index (χ0v) is 13.1. The summed E-state index contributed by atoms with van der Waals surface area (Å²) in [5.41, 5.74) is 1.46. The molecule has 19 heavy (non-hydrogen) atoms. The Balaban J connectivity index is 2.07. The zero-order valence-electron chi connectivity index (χ0n) is 9.92. The minimum atomic E-state index is -0.363. The lowest BCUT2D eigenvalue weighted by Crippen LogP contribution is -2.14. The number of anilines is 1. The summed E-state index contributed by atoms with van der Waals surface area (Å²) in [6, 6.07) is 4.34. The molecule has 2 N–H and O–H groups in total. The summed E-state index contributed by atoms with van der Waals surface area (Å²) in [6.07, 6.45) is 0.249. The van der Waals surface area contributed by atoms with Gasteiger partial charge >= 0.3 is 0 Å². The number of aromatic nitrogens is 1. The van der Waals surface area contributed by atoms with Crippen molar-refractivity contribution in [1.29, 1.82) is 0 Å². The Kier molecular flexibility index (Phi) is 4.49. The lowest BCUT2D eigenvalue weighted by atomic mass is 10.2. The highest BCUT2D eigenvalue weighted by molar-refractivity contribution is 9.10. The molecule has 0 fully saturated rings. The van der Waals surface area contributed by atoms with Crippen molar-refractivity contribution in [2.45, 2.75) is 13.3 Å². The van der Waals surface area contributed by atoms with Crippen LogP contribution in [-0.4, -0.2) is 10.9 Å². The van der Waals surface area contributed by atoms with E-state index >= 15 is 0 Å². The molecule has 0 saturated carbocycles.